The molecule has 0 saturated heterocycles. The van der Waals surface area contributed by atoms with Crippen LogP contribution in [-0.4, -0.2) is 4.98 Å². The third kappa shape index (κ3) is 2.53. The maximum absolute atomic E-state index is 6.21. The van der Waals surface area contributed by atoms with E-state index in [9.17, 15) is 0 Å². The SMILES string of the molecule is Cc1cnc(C(NN)c2ccccc2Cl)c(C)c1. The second-order valence-corrected chi connectivity index (χ2v) is 4.74. The molecule has 94 valence electrons. The predicted molar refractivity (Wildman–Crippen MR) is 74.3 cm³/mol. The summed E-state index contributed by atoms with van der Waals surface area (Å²) in [4.78, 5) is 4.47. The first-order valence-corrected chi connectivity index (χ1v) is 6.15. The van der Waals surface area contributed by atoms with Gasteiger partial charge in [0.2, 0.25) is 0 Å². The molecule has 0 aliphatic carbocycles. The Bertz CT molecular complexity index is 554. The Morgan fingerprint density at radius 2 is 2.00 bits per heavy atom. The van der Waals surface area contributed by atoms with Gasteiger partial charge in [-0.3, -0.25) is 10.8 Å². The molecule has 0 saturated carbocycles. The number of benzene rings is 1. The van der Waals surface area contributed by atoms with Gasteiger partial charge < -0.3 is 0 Å². The van der Waals surface area contributed by atoms with E-state index >= 15 is 0 Å². The highest BCUT2D eigenvalue weighted by atomic mass is 35.5. The number of aryl methyl sites for hydroxylation is 2. The minimum absolute atomic E-state index is 0.195. The Morgan fingerprint density at radius 1 is 1.28 bits per heavy atom. The second kappa shape index (κ2) is 5.48. The second-order valence-electron chi connectivity index (χ2n) is 4.34. The van der Waals surface area contributed by atoms with Crippen molar-refractivity contribution in [1.82, 2.24) is 10.4 Å². The van der Waals surface area contributed by atoms with E-state index in [-0.39, 0.29) is 6.04 Å². The van der Waals surface area contributed by atoms with E-state index in [1.54, 1.807) is 0 Å². The lowest BCUT2D eigenvalue weighted by Gasteiger charge is -2.19. The number of halogens is 1. The summed E-state index contributed by atoms with van der Waals surface area (Å²) < 4.78 is 0. The minimum atomic E-state index is -0.195. The minimum Gasteiger partial charge on any atom is -0.271 e. The van der Waals surface area contributed by atoms with Gasteiger partial charge in [0.25, 0.3) is 0 Å². The van der Waals surface area contributed by atoms with Crippen molar-refractivity contribution in [2.45, 2.75) is 19.9 Å². The molecule has 0 fully saturated rings. The van der Waals surface area contributed by atoms with Crippen LogP contribution in [0.3, 0.4) is 0 Å². The molecule has 2 rings (SSSR count). The number of nitrogens with one attached hydrogen (secondary N) is 1. The number of aromatic nitrogens is 1. The van der Waals surface area contributed by atoms with Crippen LogP contribution in [0.4, 0.5) is 0 Å². The molecule has 0 spiro atoms. The molecule has 3 nitrogen and oxygen atoms in total. The summed E-state index contributed by atoms with van der Waals surface area (Å²) in [5.74, 6) is 5.66. The summed E-state index contributed by atoms with van der Waals surface area (Å²) in [5.41, 5.74) is 6.85. The number of hydrazine groups is 1. The average molecular weight is 262 g/mol. The van der Waals surface area contributed by atoms with Gasteiger partial charge in [0.15, 0.2) is 0 Å². The standard InChI is InChI=1S/C14H16ClN3/c1-9-7-10(2)13(17-8-9)14(18-16)11-5-3-4-6-12(11)15/h3-8,14,18H,16H2,1-2H3. The van der Waals surface area contributed by atoms with Crippen LogP contribution in [0.2, 0.25) is 5.02 Å². The van der Waals surface area contributed by atoms with Gasteiger partial charge in [-0.25, -0.2) is 5.43 Å². The molecule has 1 aromatic heterocycles. The molecule has 3 N–H and O–H groups in total. The molecule has 1 aromatic carbocycles. The lowest BCUT2D eigenvalue weighted by Crippen LogP contribution is -2.30. The van der Waals surface area contributed by atoms with Gasteiger partial charge in [-0.15, -0.1) is 0 Å². The number of hydrogen-bond donors (Lipinski definition) is 2. The molecule has 0 amide bonds. The first-order chi connectivity index (χ1) is 8.63. The van der Waals surface area contributed by atoms with Gasteiger partial charge in [-0.05, 0) is 36.6 Å². The molecule has 18 heavy (non-hydrogen) atoms. The fraction of sp³-hybridized carbons (Fsp3) is 0.214. The van der Waals surface area contributed by atoms with Gasteiger partial charge in [0, 0.05) is 11.2 Å². The molecule has 2 aromatic rings. The van der Waals surface area contributed by atoms with Crippen molar-refractivity contribution in [3.63, 3.8) is 0 Å². The summed E-state index contributed by atoms with van der Waals surface area (Å²) in [7, 11) is 0. The van der Waals surface area contributed by atoms with Crippen molar-refractivity contribution in [2.24, 2.45) is 5.84 Å². The third-order valence-corrected chi connectivity index (χ3v) is 3.26. The van der Waals surface area contributed by atoms with Crippen LogP contribution >= 0.6 is 11.6 Å². The summed E-state index contributed by atoms with van der Waals surface area (Å²) in [6, 6.07) is 9.53. The lowest BCUT2D eigenvalue weighted by atomic mass is 10.00. The number of hydrogen-bond acceptors (Lipinski definition) is 3. The number of pyridine rings is 1. The quantitative estimate of drug-likeness (QED) is 0.660. The van der Waals surface area contributed by atoms with Gasteiger partial charge in [0.1, 0.15) is 0 Å². The van der Waals surface area contributed by atoms with Crippen LogP contribution in [0.25, 0.3) is 0 Å². The van der Waals surface area contributed by atoms with Crippen molar-refractivity contribution in [3.05, 3.63) is 63.9 Å². The lowest BCUT2D eigenvalue weighted by molar-refractivity contribution is 0.616. The van der Waals surface area contributed by atoms with Crippen molar-refractivity contribution in [2.75, 3.05) is 0 Å². The molecule has 4 heteroatoms. The first kappa shape index (κ1) is 13.0. The van der Waals surface area contributed by atoms with Crippen LogP contribution in [-0.2, 0) is 0 Å². The zero-order valence-electron chi connectivity index (χ0n) is 10.4. The molecule has 1 heterocycles. The normalized spacial score (nSPS) is 12.4. The molecular formula is C14H16ClN3. The fourth-order valence-corrected chi connectivity index (χ4v) is 2.30. The molecule has 0 aliphatic heterocycles. The van der Waals surface area contributed by atoms with Crippen molar-refractivity contribution < 1.29 is 0 Å². The molecule has 0 bridgehead atoms. The summed E-state index contributed by atoms with van der Waals surface area (Å²) in [6.07, 6.45) is 1.84. The van der Waals surface area contributed by atoms with Gasteiger partial charge in [-0.1, -0.05) is 35.9 Å². The largest absolute Gasteiger partial charge is 0.271 e. The van der Waals surface area contributed by atoms with E-state index in [0.717, 1.165) is 22.4 Å². The molecule has 1 unspecified atom stereocenters. The molecular weight excluding hydrogens is 246 g/mol. The van der Waals surface area contributed by atoms with E-state index < -0.39 is 0 Å². The first-order valence-electron chi connectivity index (χ1n) is 5.77. The van der Waals surface area contributed by atoms with Crippen LogP contribution < -0.4 is 11.3 Å². The third-order valence-electron chi connectivity index (χ3n) is 2.91. The van der Waals surface area contributed by atoms with E-state index in [2.05, 4.69) is 16.5 Å². The molecule has 0 aliphatic rings. The zero-order chi connectivity index (χ0) is 13.1. The van der Waals surface area contributed by atoms with Crippen LogP contribution in [0, 0.1) is 13.8 Å². The van der Waals surface area contributed by atoms with E-state index in [0.29, 0.717) is 5.02 Å². The highest BCUT2D eigenvalue weighted by Gasteiger charge is 2.18. The Kier molecular flexibility index (Phi) is 3.97. The Hall–Kier alpha value is -1.42. The number of nitrogens with zero attached hydrogens (tertiary/aromatic N) is 1. The van der Waals surface area contributed by atoms with Gasteiger partial charge in [-0.2, -0.15) is 0 Å². The topological polar surface area (TPSA) is 50.9 Å². The van der Waals surface area contributed by atoms with E-state index in [1.165, 1.54) is 0 Å². The highest BCUT2D eigenvalue weighted by Crippen LogP contribution is 2.28. The predicted octanol–water partition coefficient (Wildman–Crippen LogP) is 2.90. The molecule has 1 atom stereocenters. The Labute approximate surface area is 112 Å². The van der Waals surface area contributed by atoms with E-state index in [1.807, 2.05) is 44.3 Å². The Morgan fingerprint density at radius 3 is 2.61 bits per heavy atom. The Balaban J connectivity index is 2.49. The van der Waals surface area contributed by atoms with E-state index in [4.69, 9.17) is 17.4 Å². The maximum atomic E-state index is 6.21. The van der Waals surface area contributed by atoms with Crippen LogP contribution in [0.5, 0.6) is 0 Å². The maximum Gasteiger partial charge on any atom is 0.0898 e. The van der Waals surface area contributed by atoms with Crippen LogP contribution in [0.1, 0.15) is 28.4 Å². The number of rotatable bonds is 3. The monoisotopic (exact) mass is 261 g/mol. The summed E-state index contributed by atoms with van der Waals surface area (Å²) >= 11 is 6.21. The van der Waals surface area contributed by atoms with Crippen molar-refractivity contribution >= 4 is 11.6 Å². The summed E-state index contributed by atoms with van der Waals surface area (Å²) in [5, 5.41) is 0.683. The van der Waals surface area contributed by atoms with Gasteiger partial charge >= 0.3 is 0 Å². The smallest absolute Gasteiger partial charge is 0.0898 e. The number of nitrogens with two attached hydrogens (primary N) is 1. The van der Waals surface area contributed by atoms with Crippen LogP contribution in [0.15, 0.2) is 36.5 Å². The van der Waals surface area contributed by atoms with Crippen molar-refractivity contribution in [3.8, 4) is 0 Å². The zero-order valence-corrected chi connectivity index (χ0v) is 11.2. The average Bonchev–Trinajstić information content (AvgIpc) is 2.34. The highest BCUT2D eigenvalue weighted by molar-refractivity contribution is 6.31. The fourth-order valence-electron chi connectivity index (χ4n) is 2.05. The summed E-state index contributed by atoms with van der Waals surface area (Å²) in [6.45, 7) is 4.04. The van der Waals surface area contributed by atoms with Crippen molar-refractivity contribution in [1.29, 1.82) is 0 Å². The molecule has 0 radical (unpaired) electrons. The van der Waals surface area contributed by atoms with Gasteiger partial charge in [0.05, 0.1) is 11.7 Å².